The van der Waals surface area contributed by atoms with E-state index in [0.29, 0.717) is 44.4 Å². The number of benzene rings is 1. The molecule has 23 heavy (non-hydrogen) atoms. The van der Waals surface area contributed by atoms with Crippen molar-refractivity contribution in [1.82, 2.24) is 8.61 Å². The largest absolute Gasteiger partial charge is 0.383 e. The molecule has 0 aromatic heterocycles. The van der Waals surface area contributed by atoms with Crippen LogP contribution in [0, 0.1) is 6.92 Å². The third-order valence-electron chi connectivity index (χ3n) is 4.07. The first-order valence-electron chi connectivity index (χ1n) is 7.58. The number of rotatable bonds is 6. The van der Waals surface area contributed by atoms with E-state index in [1.165, 1.54) is 8.61 Å². The van der Waals surface area contributed by atoms with Crippen molar-refractivity contribution in [2.24, 2.45) is 0 Å². The molecule has 2 rings (SSSR count). The van der Waals surface area contributed by atoms with Gasteiger partial charge < -0.3 is 9.64 Å². The van der Waals surface area contributed by atoms with Crippen LogP contribution < -0.4 is 4.90 Å². The molecule has 130 valence electrons. The van der Waals surface area contributed by atoms with Crippen molar-refractivity contribution in [1.29, 1.82) is 0 Å². The van der Waals surface area contributed by atoms with E-state index in [0.717, 1.165) is 11.3 Å². The predicted molar refractivity (Wildman–Crippen MR) is 93.4 cm³/mol. The van der Waals surface area contributed by atoms with E-state index in [4.69, 9.17) is 16.3 Å². The number of likely N-dealkylation sites (N-methyl/N-ethyl adjacent to an activating group) is 1. The van der Waals surface area contributed by atoms with Crippen LogP contribution in [0.1, 0.15) is 5.56 Å². The fourth-order valence-electron chi connectivity index (χ4n) is 2.70. The van der Waals surface area contributed by atoms with Crippen molar-refractivity contribution in [2.75, 3.05) is 58.4 Å². The van der Waals surface area contributed by atoms with E-state index in [-0.39, 0.29) is 0 Å². The molecule has 1 aromatic carbocycles. The van der Waals surface area contributed by atoms with Gasteiger partial charge in [-0.15, -0.1) is 0 Å². The molecule has 0 radical (unpaired) electrons. The molecule has 1 aliphatic rings. The highest BCUT2D eigenvalue weighted by Crippen LogP contribution is 2.30. The second kappa shape index (κ2) is 7.81. The van der Waals surface area contributed by atoms with Crippen LogP contribution in [-0.2, 0) is 14.9 Å². The summed E-state index contributed by atoms with van der Waals surface area (Å²) < 4.78 is 32.8. The minimum atomic E-state index is -3.43. The van der Waals surface area contributed by atoms with Crippen molar-refractivity contribution in [3.05, 3.63) is 28.8 Å². The molecular formula is C15H24ClN3O3S. The van der Waals surface area contributed by atoms with Crippen LogP contribution >= 0.6 is 11.6 Å². The number of halogens is 1. The van der Waals surface area contributed by atoms with Gasteiger partial charge in [0.15, 0.2) is 0 Å². The van der Waals surface area contributed by atoms with Crippen molar-refractivity contribution in [3.63, 3.8) is 0 Å². The fourth-order valence-corrected chi connectivity index (χ4v) is 4.36. The van der Waals surface area contributed by atoms with Gasteiger partial charge in [-0.3, -0.25) is 0 Å². The molecule has 1 saturated heterocycles. The summed E-state index contributed by atoms with van der Waals surface area (Å²) in [5, 5.41) is 0.707. The smallest absolute Gasteiger partial charge is 0.281 e. The zero-order valence-electron chi connectivity index (χ0n) is 13.8. The zero-order chi connectivity index (χ0) is 17.0. The number of hydrogen-bond acceptors (Lipinski definition) is 4. The Kier molecular flexibility index (Phi) is 6.27. The van der Waals surface area contributed by atoms with Crippen molar-refractivity contribution >= 4 is 27.5 Å². The van der Waals surface area contributed by atoms with Gasteiger partial charge in [0.2, 0.25) is 0 Å². The van der Waals surface area contributed by atoms with Gasteiger partial charge in [0, 0.05) is 46.9 Å². The molecule has 6 nitrogen and oxygen atoms in total. The third kappa shape index (κ3) is 4.16. The van der Waals surface area contributed by atoms with Crippen LogP contribution in [0.5, 0.6) is 0 Å². The van der Waals surface area contributed by atoms with Crippen LogP contribution in [0.2, 0.25) is 5.02 Å². The van der Waals surface area contributed by atoms with Gasteiger partial charge >= 0.3 is 0 Å². The maximum absolute atomic E-state index is 12.5. The van der Waals surface area contributed by atoms with Crippen LogP contribution in [0.15, 0.2) is 18.2 Å². The molecule has 0 spiro atoms. The average Bonchev–Trinajstić information content (AvgIpc) is 2.53. The van der Waals surface area contributed by atoms with E-state index in [1.54, 1.807) is 14.2 Å². The molecule has 0 unspecified atom stereocenters. The van der Waals surface area contributed by atoms with E-state index in [2.05, 4.69) is 4.90 Å². The maximum atomic E-state index is 12.5. The Bertz CT molecular complexity index is 611. The molecule has 0 bridgehead atoms. The Labute approximate surface area is 143 Å². The van der Waals surface area contributed by atoms with Gasteiger partial charge in [0.25, 0.3) is 10.2 Å². The molecule has 0 amide bonds. The van der Waals surface area contributed by atoms with Crippen LogP contribution in [0.25, 0.3) is 0 Å². The molecule has 1 fully saturated rings. The maximum Gasteiger partial charge on any atom is 0.281 e. The minimum absolute atomic E-state index is 0.350. The van der Waals surface area contributed by atoms with Crippen LogP contribution in [-0.4, -0.2) is 70.5 Å². The van der Waals surface area contributed by atoms with Gasteiger partial charge in [-0.05, 0) is 18.6 Å². The lowest BCUT2D eigenvalue weighted by molar-refractivity contribution is 0.182. The fraction of sp³-hybridized carbons (Fsp3) is 0.600. The lowest BCUT2D eigenvalue weighted by atomic mass is 10.1. The zero-order valence-corrected chi connectivity index (χ0v) is 15.4. The molecule has 1 heterocycles. The highest BCUT2D eigenvalue weighted by molar-refractivity contribution is 7.86. The standard InChI is InChI=1S/C15H24ClN3O3S/c1-13-5-4-6-14(16)15(13)18-7-9-19(10-8-18)23(20,21)17(2)11-12-22-3/h4-6H,7-12H2,1-3H3. The summed E-state index contributed by atoms with van der Waals surface area (Å²) in [6, 6.07) is 5.81. The molecule has 8 heteroatoms. The number of anilines is 1. The number of methoxy groups -OCH3 is 1. The number of aryl methyl sites for hydroxylation is 1. The first kappa shape index (κ1) is 18.5. The number of piperazine rings is 1. The molecule has 0 saturated carbocycles. The Morgan fingerprint density at radius 2 is 1.91 bits per heavy atom. The Morgan fingerprint density at radius 3 is 2.48 bits per heavy atom. The summed E-state index contributed by atoms with van der Waals surface area (Å²) in [5.41, 5.74) is 2.10. The Hall–Kier alpha value is -0.860. The quantitative estimate of drug-likeness (QED) is 0.772. The highest BCUT2D eigenvalue weighted by Gasteiger charge is 2.30. The van der Waals surface area contributed by atoms with Crippen LogP contribution in [0.3, 0.4) is 0 Å². The summed E-state index contributed by atoms with van der Waals surface area (Å²) in [7, 11) is -0.290. The summed E-state index contributed by atoms with van der Waals surface area (Å²) in [6.07, 6.45) is 0. The highest BCUT2D eigenvalue weighted by atomic mass is 35.5. The minimum Gasteiger partial charge on any atom is -0.383 e. The number of para-hydroxylation sites is 1. The lowest BCUT2D eigenvalue weighted by Crippen LogP contribution is -2.52. The number of hydrogen-bond donors (Lipinski definition) is 0. The normalized spacial score (nSPS) is 17.0. The average molecular weight is 362 g/mol. The summed E-state index contributed by atoms with van der Waals surface area (Å²) in [5.74, 6) is 0. The van der Waals surface area contributed by atoms with Crippen LogP contribution in [0.4, 0.5) is 5.69 Å². The molecule has 0 N–H and O–H groups in total. The Balaban J connectivity index is 2.04. The SMILES string of the molecule is COCCN(C)S(=O)(=O)N1CCN(c2c(C)cccc2Cl)CC1. The monoisotopic (exact) mass is 361 g/mol. The van der Waals surface area contributed by atoms with E-state index >= 15 is 0 Å². The number of ether oxygens (including phenoxy) is 1. The van der Waals surface area contributed by atoms with Gasteiger partial charge in [0.05, 0.1) is 17.3 Å². The summed E-state index contributed by atoms with van der Waals surface area (Å²) >= 11 is 6.30. The molecule has 1 aromatic rings. The van der Waals surface area contributed by atoms with Gasteiger partial charge in [-0.1, -0.05) is 23.7 Å². The van der Waals surface area contributed by atoms with Crippen molar-refractivity contribution < 1.29 is 13.2 Å². The van der Waals surface area contributed by atoms with Gasteiger partial charge in [0.1, 0.15) is 0 Å². The lowest BCUT2D eigenvalue weighted by Gasteiger charge is -2.37. The first-order chi connectivity index (χ1) is 10.9. The predicted octanol–water partition coefficient (Wildman–Crippen LogP) is 1.59. The van der Waals surface area contributed by atoms with Gasteiger partial charge in [-0.2, -0.15) is 17.0 Å². The molecule has 0 atom stereocenters. The van der Waals surface area contributed by atoms with E-state index in [1.807, 2.05) is 25.1 Å². The Morgan fingerprint density at radius 1 is 1.26 bits per heavy atom. The van der Waals surface area contributed by atoms with E-state index in [9.17, 15) is 8.42 Å². The summed E-state index contributed by atoms with van der Waals surface area (Å²) in [4.78, 5) is 2.15. The number of nitrogens with zero attached hydrogens (tertiary/aromatic N) is 3. The van der Waals surface area contributed by atoms with Crippen molar-refractivity contribution in [2.45, 2.75) is 6.92 Å². The van der Waals surface area contributed by atoms with E-state index < -0.39 is 10.2 Å². The van der Waals surface area contributed by atoms with Crippen molar-refractivity contribution in [3.8, 4) is 0 Å². The summed E-state index contributed by atoms with van der Waals surface area (Å²) in [6.45, 7) is 4.90. The topological polar surface area (TPSA) is 53.1 Å². The molecular weight excluding hydrogens is 338 g/mol. The molecule has 0 aliphatic carbocycles. The second-order valence-corrected chi connectivity index (χ2v) is 8.06. The third-order valence-corrected chi connectivity index (χ3v) is 6.37. The first-order valence-corrected chi connectivity index (χ1v) is 9.36. The molecule has 1 aliphatic heterocycles. The second-order valence-electron chi connectivity index (χ2n) is 5.61. The van der Waals surface area contributed by atoms with Gasteiger partial charge in [-0.25, -0.2) is 0 Å².